The molecule has 5 nitrogen and oxygen atoms in total. The van der Waals surface area contributed by atoms with Crippen molar-refractivity contribution in [2.24, 2.45) is 7.05 Å². The lowest BCUT2D eigenvalue weighted by molar-refractivity contribution is -0.386. The van der Waals surface area contributed by atoms with Crippen LogP contribution in [-0.4, -0.2) is 9.49 Å². The quantitative estimate of drug-likeness (QED) is 0.556. The normalized spacial score (nSPS) is 10.1. The Morgan fingerprint density at radius 2 is 2.15 bits per heavy atom. The maximum atomic E-state index is 11.3. The Kier molecular flexibility index (Phi) is 2.51. The molecule has 0 radical (unpaired) electrons. The molecule has 0 bridgehead atoms. The van der Waals surface area contributed by atoms with E-state index >= 15 is 0 Å². The molecule has 0 saturated heterocycles. The molecule has 13 heavy (non-hydrogen) atoms. The summed E-state index contributed by atoms with van der Waals surface area (Å²) in [7, 11) is 1.50. The summed E-state index contributed by atoms with van der Waals surface area (Å²) in [5.74, 6) is 0. The molecule has 0 saturated carbocycles. The van der Waals surface area contributed by atoms with Crippen molar-refractivity contribution in [1.29, 1.82) is 0 Å². The highest BCUT2D eigenvalue weighted by molar-refractivity contribution is 9.10. The molecule has 0 aliphatic rings. The minimum absolute atomic E-state index is 0.417. The van der Waals surface area contributed by atoms with Gasteiger partial charge in [0.25, 0.3) is 0 Å². The van der Waals surface area contributed by atoms with Crippen molar-refractivity contribution in [3.63, 3.8) is 0 Å². The smallest absolute Gasteiger partial charge is 0.309 e. The minimum atomic E-state index is -0.688. The van der Waals surface area contributed by atoms with Crippen LogP contribution in [0.4, 0.5) is 5.69 Å². The van der Waals surface area contributed by atoms with Gasteiger partial charge < -0.3 is 4.57 Å². The van der Waals surface area contributed by atoms with Crippen LogP contribution in [0.15, 0.2) is 15.3 Å². The number of hydrogen-bond acceptors (Lipinski definition) is 3. The van der Waals surface area contributed by atoms with Gasteiger partial charge in [-0.1, -0.05) is 0 Å². The number of hydrogen-bond donors (Lipinski definition) is 0. The predicted molar refractivity (Wildman–Crippen MR) is 50.8 cm³/mol. The van der Waals surface area contributed by atoms with E-state index in [4.69, 9.17) is 0 Å². The van der Waals surface area contributed by atoms with Gasteiger partial charge in [-0.05, 0) is 22.9 Å². The van der Waals surface area contributed by atoms with E-state index in [0.717, 1.165) is 0 Å². The van der Waals surface area contributed by atoms with Gasteiger partial charge in [0.15, 0.2) is 0 Å². The Hall–Kier alpha value is -1.17. The third-order valence-corrected chi connectivity index (χ3v) is 2.64. The van der Waals surface area contributed by atoms with Gasteiger partial charge in [-0.25, -0.2) is 0 Å². The van der Waals surface area contributed by atoms with Gasteiger partial charge in [-0.3, -0.25) is 14.9 Å². The van der Waals surface area contributed by atoms with Crippen molar-refractivity contribution in [3.8, 4) is 0 Å². The SMILES string of the molecule is Cc1c(Br)cc([N+](=O)[O-])c(=O)n1C. The molecule has 1 heterocycles. The van der Waals surface area contributed by atoms with Crippen LogP contribution < -0.4 is 5.56 Å². The molecule has 0 unspecified atom stereocenters. The van der Waals surface area contributed by atoms with Gasteiger partial charge in [-0.2, -0.15) is 0 Å². The van der Waals surface area contributed by atoms with Crippen LogP contribution in [0.5, 0.6) is 0 Å². The summed E-state index contributed by atoms with van der Waals surface area (Å²) in [6.07, 6.45) is 0. The summed E-state index contributed by atoms with van der Waals surface area (Å²) in [6, 6.07) is 1.22. The van der Waals surface area contributed by atoms with E-state index in [2.05, 4.69) is 15.9 Å². The molecule has 0 N–H and O–H groups in total. The fourth-order valence-electron chi connectivity index (χ4n) is 0.901. The van der Waals surface area contributed by atoms with E-state index in [0.29, 0.717) is 10.2 Å². The predicted octanol–water partition coefficient (Wildman–Crippen LogP) is 1.36. The first-order valence-corrected chi connectivity index (χ1v) is 4.25. The molecular formula is C7H7BrN2O3. The first-order valence-electron chi connectivity index (χ1n) is 3.45. The highest BCUT2D eigenvalue weighted by atomic mass is 79.9. The topological polar surface area (TPSA) is 65.1 Å². The van der Waals surface area contributed by atoms with Crippen molar-refractivity contribution in [3.05, 3.63) is 36.7 Å². The maximum Gasteiger partial charge on any atom is 0.335 e. The van der Waals surface area contributed by atoms with Crippen molar-refractivity contribution in [1.82, 2.24) is 4.57 Å². The minimum Gasteiger partial charge on any atom is -0.309 e. The Bertz CT molecular complexity index is 424. The second kappa shape index (κ2) is 3.29. The molecule has 6 heteroatoms. The fraction of sp³-hybridized carbons (Fsp3) is 0.286. The second-order valence-electron chi connectivity index (χ2n) is 2.58. The molecule has 0 spiro atoms. The lowest BCUT2D eigenvalue weighted by Gasteiger charge is -2.04. The fourth-order valence-corrected chi connectivity index (χ4v) is 1.38. The van der Waals surface area contributed by atoms with Crippen LogP contribution in [0.1, 0.15) is 5.69 Å². The van der Waals surface area contributed by atoms with E-state index < -0.39 is 16.2 Å². The molecule has 0 aliphatic heterocycles. The third-order valence-electron chi connectivity index (χ3n) is 1.83. The van der Waals surface area contributed by atoms with Crippen LogP contribution in [0.3, 0.4) is 0 Å². The van der Waals surface area contributed by atoms with Crippen LogP contribution in [-0.2, 0) is 7.05 Å². The van der Waals surface area contributed by atoms with E-state index in [9.17, 15) is 14.9 Å². The number of pyridine rings is 1. The summed E-state index contributed by atoms with van der Waals surface area (Å²) in [6.45, 7) is 1.70. The molecule has 0 aromatic carbocycles. The molecule has 1 aromatic heterocycles. The zero-order valence-corrected chi connectivity index (χ0v) is 8.66. The van der Waals surface area contributed by atoms with Crippen molar-refractivity contribution in [2.75, 3.05) is 0 Å². The van der Waals surface area contributed by atoms with E-state index in [1.54, 1.807) is 6.92 Å². The Morgan fingerprint density at radius 1 is 1.62 bits per heavy atom. The monoisotopic (exact) mass is 246 g/mol. The zero-order chi connectivity index (χ0) is 10.2. The highest BCUT2D eigenvalue weighted by Crippen LogP contribution is 2.17. The summed E-state index contributed by atoms with van der Waals surface area (Å²) >= 11 is 3.14. The summed E-state index contributed by atoms with van der Waals surface area (Å²) in [5.41, 5.74) is -0.346. The molecule has 1 rings (SSSR count). The highest BCUT2D eigenvalue weighted by Gasteiger charge is 2.16. The largest absolute Gasteiger partial charge is 0.335 e. The number of nitrogens with zero attached hydrogens (tertiary/aromatic N) is 2. The number of rotatable bonds is 1. The molecule has 1 aromatic rings. The van der Waals surface area contributed by atoms with Gasteiger partial charge in [0.2, 0.25) is 0 Å². The summed E-state index contributed by atoms with van der Waals surface area (Å²) < 4.78 is 1.80. The zero-order valence-electron chi connectivity index (χ0n) is 7.07. The molecule has 0 fully saturated rings. The first kappa shape index (κ1) is 9.91. The molecule has 0 aliphatic carbocycles. The lowest BCUT2D eigenvalue weighted by Crippen LogP contribution is -2.21. The molecule has 0 atom stereocenters. The lowest BCUT2D eigenvalue weighted by atomic mass is 10.3. The number of nitro groups is 1. The second-order valence-corrected chi connectivity index (χ2v) is 3.44. The standard InChI is InChI=1S/C7H7BrN2O3/c1-4-5(8)3-6(10(12)13)7(11)9(4)2/h3H,1-2H3. The summed E-state index contributed by atoms with van der Waals surface area (Å²) in [4.78, 5) is 21.0. The van der Waals surface area contributed by atoms with Crippen LogP contribution in [0, 0.1) is 17.0 Å². The maximum absolute atomic E-state index is 11.3. The van der Waals surface area contributed by atoms with Crippen molar-refractivity contribution in [2.45, 2.75) is 6.92 Å². The van der Waals surface area contributed by atoms with Crippen LogP contribution >= 0.6 is 15.9 Å². The van der Waals surface area contributed by atoms with Crippen molar-refractivity contribution < 1.29 is 4.92 Å². The number of aromatic nitrogens is 1. The van der Waals surface area contributed by atoms with Crippen molar-refractivity contribution >= 4 is 21.6 Å². The number of halogens is 1. The van der Waals surface area contributed by atoms with Gasteiger partial charge in [0.1, 0.15) is 0 Å². The van der Waals surface area contributed by atoms with Crippen LogP contribution in [0.2, 0.25) is 0 Å². The van der Waals surface area contributed by atoms with E-state index in [1.165, 1.54) is 17.7 Å². The van der Waals surface area contributed by atoms with Gasteiger partial charge in [0.05, 0.1) is 4.92 Å². The Labute approximate surface area is 82.3 Å². The molecular weight excluding hydrogens is 240 g/mol. The van der Waals surface area contributed by atoms with E-state index in [1.807, 2.05) is 0 Å². The van der Waals surface area contributed by atoms with E-state index in [-0.39, 0.29) is 0 Å². The van der Waals surface area contributed by atoms with Gasteiger partial charge in [-0.15, -0.1) is 0 Å². The first-order chi connectivity index (χ1) is 5.95. The average molecular weight is 247 g/mol. The molecule has 70 valence electrons. The Balaban J connectivity index is 3.60. The third kappa shape index (κ3) is 1.62. The average Bonchev–Trinajstić information content (AvgIpc) is 2.07. The Morgan fingerprint density at radius 3 is 2.62 bits per heavy atom. The molecule has 0 amide bonds. The van der Waals surface area contributed by atoms with Crippen LogP contribution in [0.25, 0.3) is 0 Å². The van der Waals surface area contributed by atoms with Gasteiger partial charge in [0, 0.05) is 23.3 Å². The van der Waals surface area contributed by atoms with Gasteiger partial charge >= 0.3 is 11.2 Å². The summed E-state index contributed by atoms with van der Waals surface area (Å²) in [5, 5.41) is 10.4.